The van der Waals surface area contributed by atoms with E-state index in [0.29, 0.717) is 16.9 Å². The van der Waals surface area contributed by atoms with Crippen LogP contribution in [0.25, 0.3) is 11.0 Å². The number of hydrogen-bond donors (Lipinski definition) is 1. The first kappa shape index (κ1) is 10.5. The molecule has 0 bridgehead atoms. The number of aliphatic hydroxyl groups is 1. The van der Waals surface area contributed by atoms with Gasteiger partial charge < -0.3 is 9.52 Å². The van der Waals surface area contributed by atoms with Crippen molar-refractivity contribution in [2.75, 3.05) is 12.0 Å². The first-order valence-corrected chi connectivity index (χ1v) is 5.96. The third-order valence-electron chi connectivity index (χ3n) is 2.17. The molecule has 4 heteroatoms. The van der Waals surface area contributed by atoms with Gasteiger partial charge in [0.1, 0.15) is 11.9 Å². The molecule has 2 nitrogen and oxygen atoms in total. The Labute approximate surface area is 91.1 Å². The maximum Gasteiger partial charge on any atom is 0.170 e. The van der Waals surface area contributed by atoms with E-state index < -0.39 is 11.9 Å². The van der Waals surface area contributed by atoms with Crippen molar-refractivity contribution >= 4 is 22.7 Å². The fourth-order valence-electron chi connectivity index (χ4n) is 1.45. The molecule has 1 atom stereocenters. The predicted octanol–water partition coefficient (Wildman–Crippen LogP) is 2.97. The van der Waals surface area contributed by atoms with Gasteiger partial charge in [-0.2, -0.15) is 11.8 Å². The summed E-state index contributed by atoms with van der Waals surface area (Å²) in [4.78, 5) is 0. The highest BCUT2D eigenvalue weighted by Crippen LogP contribution is 2.27. The SMILES string of the molecule is CSCC(O)c1cc2cccc(F)c2o1. The zero-order valence-corrected chi connectivity index (χ0v) is 9.05. The number of para-hydroxylation sites is 1. The molecule has 2 aromatic rings. The molecule has 0 saturated heterocycles. The summed E-state index contributed by atoms with van der Waals surface area (Å²) in [6.45, 7) is 0. The monoisotopic (exact) mass is 226 g/mol. The average molecular weight is 226 g/mol. The number of rotatable bonds is 3. The number of benzene rings is 1. The van der Waals surface area contributed by atoms with Gasteiger partial charge in [0, 0.05) is 11.1 Å². The Hall–Kier alpha value is -1.00. The molecule has 1 aromatic heterocycles. The quantitative estimate of drug-likeness (QED) is 0.873. The Kier molecular flexibility index (Phi) is 2.98. The molecule has 0 saturated carbocycles. The largest absolute Gasteiger partial charge is 0.455 e. The van der Waals surface area contributed by atoms with Crippen molar-refractivity contribution in [3.63, 3.8) is 0 Å². The minimum Gasteiger partial charge on any atom is -0.455 e. The van der Waals surface area contributed by atoms with Crippen molar-refractivity contribution in [3.05, 3.63) is 35.8 Å². The van der Waals surface area contributed by atoms with Crippen molar-refractivity contribution in [2.24, 2.45) is 0 Å². The standard InChI is InChI=1S/C11H11FO2S/c1-15-6-9(13)10-5-7-3-2-4-8(12)11(7)14-10/h2-5,9,13H,6H2,1H3. The molecule has 0 radical (unpaired) electrons. The van der Waals surface area contributed by atoms with E-state index in [4.69, 9.17) is 4.42 Å². The maximum absolute atomic E-state index is 13.3. The van der Waals surface area contributed by atoms with E-state index in [1.807, 2.05) is 6.26 Å². The van der Waals surface area contributed by atoms with Crippen LogP contribution in [0.15, 0.2) is 28.7 Å². The van der Waals surface area contributed by atoms with Gasteiger partial charge >= 0.3 is 0 Å². The van der Waals surface area contributed by atoms with Crippen molar-refractivity contribution in [3.8, 4) is 0 Å². The van der Waals surface area contributed by atoms with E-state index in [1.165, 1.54) is 17.8 Å². The molecule has 1 aromatic carbocycles. The molecule has 15 heavy (non-hydrogen) atoms. The Morgan fingerprint density at radius 1 is 1.53 bits per heavy atom. The molecule has 80 valence electrons. The highest BCUT2D eigenvalue weighted by molar-refractivity contribution is 7.98. The van der Waals surface area contributed by atoms with Crippen molar-refractivity contribution in [1.82, 2.24) is 0 Å². The van der Waals surface area contributed by atoms with E-state index >= 15 is 0 Å². The first-order chi connectivity index (χ1) is 7.22. The summed E-state index contributed by atoms with van der Waals surface area (Å²) >= 11 is 1.51. The summed E-state index contributed by atoms with van der Waals surface area (Å²) in [6.07, 6.45) is 1.22. The second-order valence-corrected chi connectivity index (χ2v) is 4.19. The fourth-order valence-corrected chi connectivity index (χ4v) is 1.93. The Balaban J connectivity index is 2.43. The molecular weight excluding hydrogens is 215 g/mol. The summed E-state index contributed by atoms with van der Waals surface area (Å²) in [5.41, 5.74) is 0.215. The van der Waals surface area contributed by atoms with E-state index in [2.05, 4.69) is 0 Å². The molecule has 1 heterocycles. The lowest BCUT2D eigenvalue weighted by Gasteiger charge is -2.03. The van der Waals surface area contributed by atoms with E-state index in [1.54, 1.807) is 18.2 Å². The molecule has 0 aliphatic heterocycles. The zero-order valence-electron chi connectivity index (χ0n) is 8.24. The van der Waals surface area contributed by atoms with E-state index in [9.17, 15) is 9.50 Å². The van der Waals surface area contributed by atoms with Crippen LogP contribution in [0.3, 0.4) is 0 Å². The van der Waals surface area contributed by atoms with Crippen LogP contribution in [0.2, 0.25) is 0 Å². The normalized spacial score (nSPS) is 13.3. The number of fused-ring (bicyclic) bond motifs is 1. The molecule has 2 rings (SSSR count). The van der Waals surface area contributed by atoms with Crippen LogP contribution in [0.1, 0.15) is 11.9 Å². The Bertz CT molecular complexity index is 467. The van der Waals surface area contributed by atoms with Crippen LogP contribution in [-0.2, 0) is 0 Å². The van der Waals surface area contributed by atoms with Gasteiger partial charge in [-0.3, -0.25) is 0 Å². The summed E-state index contributed by atoms with van der Waals surface area (Å²) in [7, 11) is 0. The predicted molar refractivity (Wildman–Crippen MR) is 59.5 cm³/mol. The fraction of sp³-hybridized carbons (Fsp3) is 0.273. The molecule has 0 aliphatic carbocycles. The zero-order chi connectivity index (χ0) is 10.8. The van der Waals surface area contributed by atoms with Crippen molar-refractivity contribution in [2.45, 2.75) is 6.10 Å². The third kappa shape index (κ3) is 2.01. The summed E-state index contributed by atoms with van der Waals surface area (Å²) in [5, 5.41) is 10.4. The number of aliphatic hydroxyl groups excluding tert-OH is 1. The van der Waals surface area contributed by atoms with Crippen LogP contribution in [0.4, 0.5) is 4.39 Å². The van der Waals surface area contributed by atoms with E-state index in [0.717, 1.165) is 0 Å². The lowest BCUT2D eigenvalue weighted by Crippen LogP contribution is -1.97. The summed E-state index contributed by atoms with van der Waals surface area (Å²) in [6, 6.07) is 6.41. The van der Waals surface area contributed by atoms with Crippen LogP contribution < -0.4 is 0 Å². The summed E-state index contributed by atoms with van der Waals surface area (Å²) in [5.74, 6) is 0.570. The van der Waals surface area contributed by atoms with Crippen molar-refractivity contribution < 1.29 is 13.9 Å². The number of furan rings is 1. The molecular formula is C11H11FO2S. The van der Waals surface area contributed by atoms with Gasteiger partial charge in [-0.15, -0.1) is 0 Å². The first-order valence-electron chi connectivity index (χ1n) is 4.57. The molecule has 0 aliphatic rings. The van der Waals surface area contributed by atoms with Crippen LogP contribution in [-0.4, -0.2) is 17.1 Å². The topological polar surface area (TPSA) is 33.4 Å². The molecule has 0 spiro atoms. The van der Waals surface area contributed by atoms with Gasteiger partial charge in [-0.1, -0.05) is 12.1 Å². The third-order valence-corrected chi connectivity index (χ3v) is 2.82. The Morgan fingerprint density at radius 3 is 3.00 bits per heavy atom. The smallest absolute Gasteiger partial charge is 0.170 e. The van der Waals surface area contributed by atoms with Crippen LogP contribution in [0.5, 0.6) is 0 Å². The maximum atomic E-state index is 13.3. The number of hydrogen-bond acceptors (Lipinski definition) is 3. The van der Waals surface area contributed by atoms with Gasteiger partial charge in [-0.05, 0) is 18.4 Å². The summed E-state index contributed by atoms with van der Waals surface area (Å²) < 4.78 is 18.5. The minimum absolute atomic E-state index is 0.215. The molecule has 1 N–H and O–H groups in total. The van der Waals surface area contributed by atoms with Gasteiger partial charge in [0.2, 0.25) is 0 Å². The highest BCUT2D eigenvalue weighted by atomic mass is 32.2. The second-order valence-electron chi connectivity index (χ2n) is 3.28. The van der Waals surface area contributed by atoms with Gasteiger partial charge in [0.25, 0.3) is 0 Å². The van der Waals surface area contributed by atoms with Gasteiger partial charge in [0.05, 0.1) is 0 Å². The van der Waals surface area contributed by atoms with Gasteiger partial charge in [-0.25, -0.2) is 4.39 Å². The van der Waals surface area contributed by atoms with E-state index in [-0.39, 0.29) is 5.58 Å². The van der Waals surface area contributed by atoms with Gasteiger partial charge in [0.15, 0.2) is 11.4 Å². The number of thioether (sulfide) groups is 1. The lowest BCUT2D eigenvalue weighted by molar-refractivity contribution is 0.176. The van der Waals surface area contributed by atoms with Crippen LogP contribution >= 0.6 is 11.8 Å². The highest BCUT2D eigenvalue weighted by Gasteiger charge is 2.14. The lowest BCUT2D eigenvalue weighted by atomic mass is 10.2. The molecule has 1 unspecified atom stereocenters. The molecule has 0 amide bonds. The molecule has 0 fully saturated rings. The average Bonchev–Trinajstić information content (AvgIpc) is 2.63. The Morgan fingerprint density at radius 2 is 2.33 bits per heavy atom. The van der Waals surface area contributed by atoms with Crippen molar-refractivity contribution in [1.29, 1.82) is 0 Å². The number of halogens is 1. The minimum atomic E-state index is -0.674. The van der Waals surface area contributed by atoms with Crippen LogP contribution in [0, 0.1) is 5.82 Å². The second kappa shape index (κ2) is 4.24.